The summed E-state index contributed by atoms with van der Waals surface area (Å²) in [5, 5.41) is 0. The minimum absolute atomic E-state index is 0.0319. The predicted molar refractivity (Wildman–Crippen MR) is 84.0 cm³/mol. The summed E-state index contributed by atoms with van der Waals surface area (Å²) in [6.07, 6.45) is 0. The van der Waals surface area contributed by atoms with Crippen LogP contribution in [0.3, 0.4) is 0 Å². The second-order valence-corrected chi connectivity index (χ2v) is 6.50. The van der Waals surface area contributed by atoms with Crippen LogP contribution in [0.25, 0.3) is 0 Å². The molecule has 0 aliphatic heterocycles. The van der Waals surface area contributed by atoms with Crippen LogP contribution in [0.2, 0.25) is 0 Å². The molecule has 0 N–H and O–H groups in total. The van der Waals surface area contributed by atoms with Crippen LogP contribution >= 0.6 is 39.9 Å². The molecule has 0 aliphatic rings. The normalized spacial score (nSPS) is 10.5. The molecule has 6 heteroatoms. The Hall–Kier alpha value is -0.850. The lowest BCUT2D eigenvalue weighted by Gasteiger charge is -2.17. The molecule has 3 nitrogen and oxygen atoms in total. The van der Waals surface area contributed by atoms with Gasteiger partial charge in [0.05, 0.1) is 23.3 Å². The summed E-state index contributed by atoms with van der Waals surface area (Å²) in [6.45, 7) is 2.52. The number of benzene rings is 1. The van der Waals surface area contributed by atoms with Gasteiger partial charge >= 0.3 is 0 Å². The molecular formula is C13H13BrN2OS2. The van der Waals surface area contributed by atoms with Gasteiger partial charge in [0.25, 0.3) is 5.91 Å². The lowest BCUT2D eigenvalue weighted by molar-refractivity contribution is 0.0785. The molecule has 19 heavy (non-hydrogen) atoms. The Morgan fingerprint density at radius 2 is 2.26 bits per heavy atom. The zero-order chi connectivity index (χ0) is 14.0. The van der Waals surface area contributed by atoms with Gasteiger partial charge in [-0.15, -0.1) is 24.0 Å². The second-order valence-electron chi connectivity index (χ2n) is 4.19. The van der Waals surface area contributed by atoms with Gasteiger partial charge in [0.15, 0.2) is 0 Å². The Morgan fingerprint density at radius 1 is 1.53 bits per heavy atom. The third-order valence-electron chi connectivity index (χ3n) is 2.75. The van der Waals surface area contributed by atoms with E-state index in [1.54, 1.807) is 34.9 Å². The van der Waals surface area contributed by atoms with Gasteiger partial charge in [-0.05, 0) is 41.1 Å². The van der Waals surface area contributed by atoms with Crippen LogP contribution in [-0.4, -0.2) is 22.8 Å². The number of hydrogen-bond acceptors (Lipinski definition) is 4. The average molecular weight is 357 g/mol. The first-order chi connectivity index (χ1) is 8.99. The fraction of sp³-hybridized carbons (Fsp3) is 0.231. The molecule has 2 aromatic rings. The molecule has 0 bridgehead atoms. The van der Waals surface area contributed by atoms with Crippen molar-refractivity contribution in [1.29, 1.82) is 0 Å². The SMILES string of the molecule is Cc1ncsc1CN(C)C(=O)c1cc(S)ccc1Br. The zero-order valence-electron chi connectivity index (χ0n) is 10.6. The largest absolute Gasteiger partial charge is 0.336 e. The molecule has 0 saturated heterocycles. The fourth-order valence-corrected chi connectivity index (χ4v) is 3.10. The molecule has 1 aromatic carbocycles. The molecule has 100 valence electrons. The Balaban J connectivity index is 2.19. The van der Waals surface area contributed by atoms with E-state index in [9.17, 15) is 4.79 Å². The van der Waals surface area contributed by atoms with Crippen LogP contribution in [0.15, 0.2) is 33.1 Å². The van der Waals surface area contributed by atoms with E-state index in [2.05, 4.69) is 33.5 Å². The van der Waals surface area contributed by atoms with E-state index in [4.69, 9.17) is 0 Å². The van der Waals surface area contributed by atoms with Crippen LogP contribution < -0.4 is 0 Å². The Kier molecular flexibility index (Phi) is 4.65. The van der Waals surface area contributed by atoms with E-state index in [0.29, 0.717) is 12.1 Å². The van der Waals surface area contributed by atoms with Crippen molar-refractivity contribution < 1.29 is 4.79 Å². The highest BCUT2D eigenvalue weighted by Crippen LogP contribution is 2.23. The number of carbonyl (C=O) groups excluding carboxylic acids is 1. The smallest absolute Gasteiger partial charge is 0.255 e. The quantitative estimate of drug-likeness (QED) is 0.849. The maximum absolute atomic E-state index is 12.4. The highest BCUT2D eigenvalue weighted by molar-refractivity contribution is 9.10. The highest BCUT2D eigenvalue weighted by Gasteiger charge is 2.16. The lowest BCUT2D eigenvalue weighted by Crippen LogP contribution is -2.26. The molecule has 1 aromatic heterocycles. The minimum atomic E-state index is -0.0319. The zero-order valence-corrected chi connectivity index (χ0v) is 13.8. The van der Waals surface area contributed by atoms with Crippen LogP contribution in [0, 0.1) is 6.92 Å². The number of amides is 1. The first-order valence-corrected chi connectivity index (χ1v) is 7.74. The Morgan fingerprint density at radius 3 is 2.89 bits per heavy atom. The van der Waals surface area contributed by atoms with Gasteiger partial charge in [0.2, 0.25) is 0 Å². The molecular weight excluding hydrogens is 344 g/mol. The van der Waals surface area contributed by atoms with Crippen molar-refractivity contribution in [3.8, 4) is 0 Å². The van der Waals surface area contributed by atoms with E-state index in [-0.39, 0.29) is 5.91 Å². The second kappa shape index (κ2) is 6.07. The van der Waals surface area contributed by atoms with Crippen LogP contribution in [-0.2, 0) is 6.54 Å². The summed E-state index contributed by atoms with van der Waals surface area (Å²) in [6, 6.07) is 5.45. The van der Waals surface area contributed by atoms with Crippen molar-refractivity contribution in [1.82, 2.24) is 9.88 Å². The first kappa shape index (κ1) is 14.6. The summed E-state index contributed by atoms with van der Waals surface area (Å²) in [5.41, 5.74) is 3.40. The number of halogens is 1. The van der Waals surface area contributed by atoms with Gasteiger partial charge in [-0.1, -0.05) is 0 Å². The van der Waals surface area contributed by atoms with Gasteiger partial charge in [-0.25, -0.2) is 4.98 Å². The number of hydrogen-bond donors (Lipinski definition) is 1. The molecule has 0 aliphatic carbocycles. The third kappa shape index (κ3) is 3.38. The van der Waals surface area contributed by atoms with E-state index in [1.807, 2.05) is 19.1 Å². The number of aryl methyl sites for hydroxylation is 1. The minimum Gasteiger partial charge on any atom is -0.336 e. The summed E-state index contributed by atoms with van der Waals surface area (Å²) >= 11 is 9.24. The summed E-state index contributed by atoms with van der Waals surface area (Å²) in [7, 11) is 1.79. The van der Waals surface area contributed by atoms with Gasteiger partial charge in [-0.2, -0.15) is 0 Å². The molecule has 0 spiro atoms. The van der Waals surface area contributed by atoms with Crippen molar-refractivity contribution in [3.05, 3.63) is 44.3 Å². The molecule has 0 fully saturated rings. The number of carbonyl (C=O) groups is 1. The molecule has 1 heterocycles. The molecule has 0 atom stereocenters. The van der Waals surface area contributed by atoms with Gasteiger partial charge in [-0.3, -0.25) is 4.79 Å². The monoisotopic (exact) mass is 356 g/mol. The number of thiazole rings is 1. The third-order valence-corrected chi connectivity index (χ3v) is 4.64. The molecule has 0 unspecified atom stereocenters. The molecule has 0 radical (unpaired) electrons. The van der Waals surface area contributed by atoms with E-state index < -0.39 is 0 Å². The number of rotatable bonds is 3. The number of aromatic nitrogens is 1. The lowest BCUT2D eigenvalue weighted by atomic mass is 10.2. The van der Waals surface area contributed by atoms with Crippen molar-refractivity contribution in [3.63, 3.8) is 0 Å². The van der Waals surface area contributed by atoms with E-state index in [1.165, 1.54) is 0 Å². The number of nitrogens with zero attached hydrogens (tertiary/aromatic N) is 2. The maximum atomic E-state index is 12.4. The highest BCUT2D eigenvalue weighted by atomic mass is 79.9. The maximum Gasteiger partial charge on any atom is 0.255 e. The molecule has 1 amide bonds. The summed E-state index contributed by atoms with van der Waals surface area (Å²) in [4.78, 5) is 20.2. The van der Waals surface area contributed by atoms with Crippen LogP contribution in [0.1, 0.15) is 20.9 Å². The Bertz CT molecular complexity index is 612. The topological polar surface area (TPSA) is 33.2 Å². The van der Waals surface area contributed by atoms with E-state index in [0.717, 1.165) is 19.9 Å². The van der Waals surface area contributed by atoms with Crippen LogP contribution in [0.5, 0.6) is 0 Å². The first-order valence-electron chi connectivity index (χ1n) is 5.62. The van der Waals surface area contributed by atoms with E-state index >= 15 is 0 Å². The van der Waals surface area contributed by atoms with Crippen molar-refractivity contribution in [2.75, 3.05) is 7.05 Å². The van der Waals surface area contributed by atoms with Gasteiger partial charge in [0, 0.05) is 21.3 Å². The molecule has 0 saturated carbocycles. The van der Waals surface area contributed by atoms with Gasteiger partial charge < -0.3 is 4.90 Å². The van der Waals surface area contributed by atoms with Gasteiger partial charge in [0.1, 0.15) is 0 Å². The summed E-state index contributed by atoms with van der Waals surface area (Å²) < 4.78 is 0.781. The van der Waals surface area contributed by atoms with Crippen molar-refractivity contribution in [2.24, 2.45) is 0 Å². The predicted octanol–water partition coefficient (Wildman–Crippen LogP) is 3.77. The Labute approximate surface area is 130 Å². The number of thiol groups is 1. The standard InChI is InChI=1S/C13H13BrN2OS2/c1-8-12(19-7-15-8)6-16(2)13(17)10-5-9(18)3-4-11(10)14/h3-5,7,18H,6H2,1-2H3. The van der Waals surface area contributed by atoms with Crippen molar-refractivity contribution in [2.45, 2.75) is 18.4 Å². The fourth-order valence-electron chi connectivity index (χ4n) is 1.65. The van der Waals surface area contributed by atoms with Crippen LogP contribution in [0.4, 0.5) is 0 Å². The average Bonchev–Trinajstić information content (AvgIpc) is 2.77. The summed E-state index contributed by atoms with van der Waals surface area (Å²) in [5.74, 6) is -0.0319. The van der Waals surface area contributed by atoms with Crippen molar-refractivity contribution >= 4 is 45.8 Å². The molecule has 2 rings (SSSR count).